The summed E-state index contributed by atoms with van der Waals surface area (Å²) in [6.45, 7) is 10.6. The molecular formula is C14H20N4OS. The average molecular weight is 292 g/mol. The Kier molecular flexibility index (Phi) is 4.23. The van der Waals surface area contributed by atoms with E-state index in [1.54, 1.807) is 0 Å². The summed E-state index contributed by atoms with van der Waals surface area (Å²) >= 11 is 1.46. The van der Waals surface area contributed by atoms with E-state index in [0.717, 1.165) is 40.7 Å². The van der Waals surface area contributed by atoms with Crippen LogP contribution in [0.2, 0.25) is 0 Å². The minimum Gasteiger partial charge on any atom is -0.318 e. The summed E-state index contributed by atoms with van der Waals surface area (Å²) in [5.74, 6) is -0.0958. The molecule has 0 fully saturated rings. The third-order valence-electron chi connectivity index (χ3n) is 3.27. The molecule has 5 nitrogen and oxygen atoms in total. The molecule has 0 aliphatic heterocycles. The van der Waals surface area contributed by atoms with Crippen molar-refractivity contribution in [3.63, 3.8) is 0 Å². The van der Waals surface area contributed by atoms with Gasteiger partial charge in [0.05, 0.1) is 27.8 Å². The molecule has 2 rings (SSSR count). The molecule has 2 aromatic heterocycles. The van der Waals surface area contributed by atoms with Gasteiger partial charge in [-0.1, -0.05) is 6.92 Å². The molecule has 108 valence electrons. The summed E-state index contributed by atoms with van der Waals surface area (Å²) in [4.78, 5) is 17.5. The number of carbonyl (C=O) groups is 1. The van der Waals surface area contributed by atoms with Crippen molar-refractivity contribution >= 4 is 22.9 Å². The van der Waals surface area contributed by atoms with Crippen LogP contribution < -0.4 is 5.32 Å². The topological polar surface area (TPSA) is 59.8 Å². The SMILES string of the molecule is CCc1nc(C)c(C(=O)Nc2c(C)nn(CC)c2C)s1. The van der Waals surface area contributed by atoms with E-state index in [0.29, 0.717) is 4.88 Å². The molecule has 0 aliphatic rings. The first-order valence-electron chi connectivity index (χ1n) is 6.79. The molecule has 0 spiro atoms. The molecule has 1 N–H and O–H groups in total. The van der Waals surface area contributed by atoms with E-state index >= 15 is 0 Å². The van der Waals surface area contributed by atoms with Crippen LogP contribution in [0.5, 0.6) is 0 Å². The van der Waals surface area contributed by atoms with Gasteiger partial charge in [0.25, 0.3) is 5.91 Å². The number of nitrogens with one attached hydrogen (secondary N) is 1. The quantitative estimate of drug-likeness (QED) is 0.942. The predicted molar refractivity (Wildman–Crippen MR) is 81.6 cm³/mol. The second kappa shape index (κ2) is 5.75. The van der Waals surface area contributed by atoms with E-state index in [1.807, 2.05) is 39.3 Å². The summed E-state index contributed by atoms with van der Waals surface area (Å²) < 4.78 is 1.89. The van der Waals surface area contributed by atoms with Crippen molar-refractivity contribution in [2.75, 3.05) is 5.32 Å². The molecule has 0 atom stereocenters. The molecule has 2 aromatic rings. The molecule has 0 radical (unpaired) electrons. The number of amides is 1. The first-order valence-corrected chi connectivity index (χ1v) is 7.61. The summed E-state index contributed by atoms with van der Waals surface area (Å²) in [7, 11) is 0. The Bertz CT molecular complexity index is 642. The highest BCUT2D eigenvalue weighted by Gasteiger charge is 2.18. The van der Waals surface area contributed by atoms with Crippen molar-refractivity contribution in [2.24, 2.45) is 0 Å². The van der Waals surface area contributed by atoms with Crippen molar-refractivity contribution in [3.05, 3.63) is 27.0 Å². The average Bonchev–Trinajstić information content (AvgIpc) is 2.93. The Labute approximate surface area is 123 Å². The minimum absolute atomic E-state index is 0.0958. The first-order chi connectivity index (χ1) is 9.47. The summed E-state index contributed by atoms with van der Waals surface area (Å²) in [5.41, 5.74) is 3.43. The molecule has 0 aromatic carbocycles. The van der Waals surface area contributed by atoms with Crippen LogP contribution in [0.4, 0.5) is 5.69 Å². The highest BCUT2D eigenvalue weighted by atomic mass is 32.1. The molecule has 0 bridgehead atoms. The van der Waals surface area contributed by atoms with E-state index in [9.17, 15) is 4.79 Å². The maximum Gasteiger partial charge on any atom is 0.267 e. The standard InChI is InChI=1S/C14H20N4OS/c1-6-11-15-9(4)13(20-11)14(19)16-12-8(3)17-18(7-2)10(12)5/h6-7H2,1-5H3,(H,16,19). The molecular weight excluding hydrogens is 272 g/mol. The van der Waals surface area contributed by atoms with Crippen molar-refractivity contribution in [1.82, 2.24) is 14.8 Å². The number of thiazole rings is 1. The van der Waals surface area contributed by atoms with Gasteiger partial charge in [0.2, 0.25) is 0 Å². The normalized spacial score (nSPS) is 10.8. The molecule has 20 heavy (non-hydrogen) atoms. The Morgan fingerprint density at radius 2 is 1.95 bits per heavy atom. The fraction of sp³-hybridized carbons (Fsp3) is 0.500. The molecule has 0 saturated carbocycles. The summed E-state index contributed by atoms with van der Waals surface area (Å²) in [6, 6.07) is 0. The maximum absolute atomic E-state index is 12.4. The zero-order valence-electron chi connectivity index (χ0n) is 12.6. The smallest absolute Gasteiger partial charge is 0.267 e. The fourth-order valence-corrected chi connectivity index (χ4v) is 3.07. The van der Waals surface area contributed by atoms with Crippen LogP contribution in [-0.4, -0.2) is 20.7 Å². The van der Waals surface area contributed by atoms with Gasteiger partial charge in [-0.15, -0.1) is 11.3 Å². The van der Waals surface area contributed by atoms with Gasteiger partial charge in [-0.25, -0.2) is 4.98 Å². The van der Waals surface area contributed by atoms with Crippen LogP contribution in [0, 0.1) is 20.8 Å². The lowest BCUT2D eigenvalue weighted by molar-refractivity contribution is 0.102. The Hall–Kier alpha value is -1.69. The molecule has 0 aliphatic carbocycles. The van der Waals surface area contributed by atoms with E-state index in [2.05, 4.69) is 15.4 Å². The van der Waals surface area contributed by atoms with Gasteiger partial charge in [-0.05, 0) is 34.1 Å². The number of carbonyl (C=O) groups excluding carboxylic acids is 1. The van der Waals surface area contributed by atoms with Crippen LogP contribution in [-0.2, 0) is 13.0 Å². The predicted octanol–water partition coefficient (Wildman–Crippen LogP) is 3.10. The fourth-order valence-electron chi connectivity index (χ4n) is 2.17. The number of nitrogens with zero attached hydrogens (tertiary/aromatic N) is 3. The monoisotopic (exact) mass is 292 g/mol. The van der Waals surface area contributed by atoms with Gasteiger partial charge in [0, 0.05) is 6.54 Å². The van der Waals surface area contributed by atoms with E-state index in [4.69, 9.17) is 0 Å². The molecule has 0 unspecified atom stereocenters. The number of hydrogen-bond donors (Lipinski definition) is 1. The maximum atomic E-state index is 12.4. The van der Waals surface area contributed by atoms with Crippen molar-refractivity contribution < 1.29 is 4.79 Å². The van der Waals surface area contributed by atoms with Gasteiger partial charge in [0.15, 0.2) is 0 Å². The second-order valence-corrected chi connectivity index (χ2v) is 5.78. The Morgan fingerprint density at radius 3 is 2.45 bits per heavy atom. The lowest BCUT2D eigenvalue weighted by atomic mass is 10.3. The van der Waals surface area contributed by atoms with Crippen molar-refractivity contribution in [2.45, 2.75) is 47.6 Å². The van der Waals surface area contributed by atoms with Gasteiger partial charge < -0.3 is 5.32 Å². The highest BCUT2D eigenvalue weighted by molar-refractivity contribution is 7.13. The van der Waals surface area contributed by atoms with Crippen LogP contribution in [0.3, 0.4) is 0 Å². The molecule has 0 saturated heterocycles. The summed E-state index contributed by atoms with van der Waals surface area (Å²) in [5, 5.41) is 8.38. The zero-order valence-corrected chi connectivity index (χ0v) is 13.4. The number of aromatic nitrogens is 3. The third kappa shape index (κ3) is 2.60. The van der Waals surface area contributed by atoms with Gasteiger partial charge in [0.1, 0.15) is 4.88 Å². The number of hydrogen-bond acceptors (Lipinski definition) is 4. The van der Waals surface area contributed by atoms with Crippen LogP contribution in [0.15, 0.2) is 0 Å². The van der Waals surface area contributed by atoms with E-state index in [1.165, 1.54) is 11.3 Å². The lowest BCUT2D eigenvalue weighted by Gasteiger charge is -2.05. The van der Waals surface area contributed by atoms with Gasteiger partial charge in [-0.3, -0.25) is 9.48 Å². The Morgan fingerprint density at radius 1 is 1.25 bits per heavy atom. The molecule has 6 heteroatoms. The first kappa shape index (κ1) is 14.7. The molecule has 2 heterocycles. The number of rotatable bonds is 4. The second-order valence-electron chi connectivity index (χ2n) is 4.69. The minimum atomic E-state index is -0.0958. The lowest BCUT2D eigenvalue weighted by Crippen LogP contribution is -2.13. The highest BCUT2D eigenvalue weighted by Crippen LogP contribution is 2.23. The van der Waals surface area contributed by atoms with Gasteiger partial charge >= 0.3 is 0 Å². The third-order valence-corrected chi connectivity index (χ3v) is 4.57. The van der Waals surface area contributed by atoms with E-state index in [-0.39, 0.29) is 5.91 Å². The summed E-state index contributed by atoms with van der Waals surface area (Å²) in [6.07, 6.45) is 0.852. The number of aryl methyl sites for hydroxylation is 4. The van der Waals surface area contributed by atoms with Crippen molar-refractivity contribution in [3.8, 4) is 0 Å². The van der Waals surface area contributed by atoms with Crippen LogP contribution >= 0.6 is 11.3 Å². The Balaban J connectivity index is 2.27. The van der Waals surface area contributed by atoms with Crippen molar-refractivity contribution in [1.29, 1.82) is 0 Å². The zero-order chi connectivity index (χ0) is 14.9. The van der Waals surface area contributed by atoms with E-state index < -0.39 is 0 Å². The van der Waals surface area contributed by atoms with Crippen LogP contribution in [0.1, 0.15) is 45.6 Å². The largest absolute Gasteiger partial charge is 0.318 e. The molecule has 1 amide bonds. The number of anilines is 1. The van der Waals surface area contributed by atoms with Gasteiger partial charge in [-0.2, -0.15) is 5.10 Å². The van der Waals surface area contributed by atoms with Crippen LogP contribution in [0.25, 0.3) is 0 Å².